The SMILES string of the molecule is CCNC(=S)N/N=C\C(=N\NC(=S)NCC)c1ccc(N2CCCC2=O)cc1. The Balaban J connectivity index is 2.16. The highest BCUT2D eigenvalue weighted by Gasteiger charge is 2.21. The molecular weight excluding hydrogens is 394 g/mol. The number of benzene rings is 1. The summed E-state index contributed by atoms with van der Waals surface area (Å²) in [5, 5.41) is 15.2. The van der Waals surface area contributed by atoms with Crippen LogP contribution >= 0.6 is 24.4 Å². The summed E-state index contributed by atoms with van der Waals surface area (Å²) in [6.07, 6.45) is 3.05. The van der Waals surface area contributed by atoms with Crippen molar-refractivity contribution in [3.8, 4) is 0 Å². The molecule has 28 heavy (non-hydrogen) atoms. The second-order valence-corrected chi connectivity index (χ2v) is 6.71. The Morgan fingerprint density at radius 3 is 2.32 bits per heavy atom. The van der Waals surface area contributed by atoms with Gasteiger partial charge in [0.05, 0.1) is 6.21 Å². The van der Waals surface area contributed by atoms with Crippen LogP contribution in [-0.4, -0.2) is 47.7 Å². The minimum Gasteiger partial charge on any atom is -0.362 e. The van der Waals surface area contributed by atoms with E-state index in [2.05, 4.69) is 31.7 Å². The fourth-order valence-corrected chi connectivity index (χ4v) is 2.95. The molecule has 1 aliphatic rings. The molecular formula is C18H25N7OS2. The van der Waals surface area contributed by atoms with E-state index in [0.29, 0.717) is 35.4 Å². The number of hydrogen-bond acceptors (Lipinski definition) is 5. The molecule has 8 nitrogen and oxygen atoms in total. The lowest BCUT2D eigenvalue weighted by atomic mass is 10.1. The Morgan fingerprint density at radius 2 is 1.75 bits per heavy atom. The number of nitrogens with zero attached hydrogens (tertiary/aromatic N) is 3. The molecule has 10 heteroatoms. The zero-order valence-electron chi connectivity index (χ0n) is 16.0. The zero-order chi connectivity index (χ0) is 20.4. The minimum absolute atomic E-state index is 0.155. The van der Waals surface area contributed by atoms with Crippen molar-refractivity contribution < 1.29 is 4.79 Å². The molecule has 4 N–H and O–H groups in total. The Kier molecular flexibility index (Phi) is 8.76. The first-order valence-electron chi connectivity index (χ1n) is 9.14. The maximum Gasteiger partial charge on any atom is 0.227 e. The van der Waals surface area contributed by atoms with Crippen molar-refractivity contribution in [2.75, 3.05) is 24.5 Å². The van der Waals surface area contributed by atoms with Gasteiger partial charge in [-0.1, -0.05) is 12.1 Å². The van der Waals surface area contributed by atoms with Crippen LogP contribution in [0.2, 0.25) is 0 Å². The van der Waals surface area contributed by atoms with E-state index in [-0.39, 0.29) is 5.91 Å². The van der Waals surface area contributed by atoms with Gasteiger partial charge < -0.3 is 15.5 Å². The molecule has 0 atom stereocenters. The van der Waals surface area contributed by atoms with Gasteiger partial charge in [-0.15, -0.1) is 0 Å². The molecule has 1 aromatic rings. The fourth-order valence-electron chi connectivity index (χ4n) is 2.56. The summed E-state index contributed by atoms with van der Waals surface area (Å²) in [5.74, 6) is 0.155. The smallest absolute Gasteiger partial charge is 0.227 e. The summed E-state index contributed by atoms with van der Waals surface area (Å²) in [7, 11) is 0. The van der Waals surface area contributed by atoms with Crippen LogP contribution in [-0.2, 0) is 4.79 Å². The lowest BCUT2D eigenvalue weighted by Gasteiger charge is -2.16. The van der Waals surface area contributed by atoms with E-state index in [4.69, 9.17) is 24.4 Å². The standard InChI is InChI=1S/C18H25N7OS2/c1-3-19-17(27)23-21-12-15(22-24-18(28)20-4-2)13-7-9-14(10-8-13)25-11-5-6-16(25)26/h7-10,12H,3-6,11H2,1-2H3,(H2,19,23,27)(H2,20,24,28)/b21-12-,22-15-. The van der Waals surface area contributed by atoms with E-state index in [1.807, 2.05) is 38.1 Å². The second-order valence-electron chi connectivity index (χ2n) is 5.89. The quantitative estimate of drug-likeness (QED) is 0.302. The van der Waals surface area contributed by atoms with Crippen molar-refractivity contribution in [2.24, 2.45) is 10.2 Å². The van der Waals surface area contributed by atoms with E-state index in [1.165, 1.54) is 0 Å². The molecule has 0 unspecified atom stereocenters. The molecule has 1 aromatic carbocycles. The van der Waals surface area contributed by atoms with Crippen molar-refractivity contribution in [2.45, 2.75) is 26.7 Å². The summed E-state index contributed by atoms with van der Waals surface area (Å²) < 4.78 is 0. The number of anilines is 1. The number of rotatable bonds is 7. The van der Waals surface area contributed by atoms with E-state index in [0.717, 1.165) is 24.2 Å². The molecule has 1 saturated heterocycles. The molecule has 1 amide bonds. The molecule has 1 aliphatic heterocycles. The van der Waals surface area contributed by atoms with Gasteiger partial charge in [0.1, 0.15) is 5.71 Å². The summed E-state index contributed by atoms with van der Waals surface area (Å²) >= 11 is 10.2. The van der Waals surface area contributed by atoms with Crippen LogP contribution in [0.3, 0.4) is 0 Å². The van der Waals surface area contributed by atoms with Gasteiger partial charge in [-0.3, -0.25) is 15.6 Å². The number of carbonyl (C=O) groups excluding carboxylic acids is 1. The third kappa shape index (κ3) is 6.54. The van der Waals surface area contributed by atoms with Crippen LogP contribution in [0.5, 0.6) is 0 Å². The second kappa shape index (κ2) is 11.3. The highest BCUT2D eigenvalue weighted by Crippen LogP contribution is 2.21. The van der Waals surface area contributed by atoms with E-state index >= 15 is 0 Å². The van der Waals surface area contributed by atoms with Gasteiger partial charge in [-0.05, 0) is 56.8 Å². The number of hydrazone groups is 2. The monoisotopic (exact) mass is 419 g/mol. The Bertz CT molecular complexity index is 762. The molecule has 2 rings (SSSR count). The number of carbonyl (C=O) groups is 1. The van der Waals surface area contributed by atoms with Crippen molar-refractivity contribution in [3.05, 3.63) is 29.8 Å². The predicted molar refractivity (Wildman–Crippen MR) is 122 cm³/mol. The number of hydrogen-bond donors (Lipinski definition) is 4. The molecule has 0 aliphatic carbocycles. The van der Waals surface area contributed by atoms with Gasteiger partial charge in [-0.25, -0.2) is 0 Å². The molecule has 0 aromatic heterocycles. The molecule has 0 radical (unpaired) electrons. The first-order chi connectivity index (χ1) is 13.5. The molecule has 0 bridgehead atoms. The van der Waals surface area contributed by atoms with Gasteiger partial charge in [0.15, 0.2) is 10.2 Å². The summed E-state index contributed by atoms with van der Waals surface area (Å²) in [4.78, 5) is 13.7. The van der Waals surface area contributed by atoms with Gasteiger partial charge in [0.25, 0.3) is 0 Å². The van der Waals surface area contributed by atoms with Crippen molar-refractivity contribution in [3.63, 3.8) is 0 Å². The van der Waals surface area contributed by atoms with E-state index in [9.17, 15) is 4.79 Å². The first kappa shape index (κ1) is 21.7. The molecule has 0 spiro atoms. The number of amides is 1. The summed E-state index contributed by atoms with van der Waals surface area (Å²) in [6.45, 7) is 6.05. The van der Waals surface area contributed by atoms with E-state index < -0.39 is 0 Å². The van der Waals surface area contributed by atoms with Crippen molar-refractivity contribution in [1.82, 2.24) is 21.5 Å². The average molecular weight is 420 g/mol. The maximum atomic E-state index is 11.9. The topological polar surface area (TPSA) is 93.2 Å². The molecule has 150 valence electrons. The normalized spacial score (nSPS) is 14.3. The molecule has 1 heterocycles. The lowest BCUT2D eigenvalue weighted by Crippen LogP contribution is -2.33. The Morgan fingerprint density at radius 1 is 1.11 bits per heavy atom. The zero-order valence-corrected chi connectivity index (χ0v) is 17.6. The Labute approximate surface area is 175 Å². The summed E-state index contributed by atoms with van der Waals surface area (Å²) in [6, 6.07) is 7.60. The maximum absolute atomic E-state index is 11.9. The van der Waals surface area contributed by atoms with Crippen LogP contribution < -0.4 is 26.4 Å². The minimum atomic E-state index is 0.155. The van der Waals surface area contributed by atoms with Gasteiger partial charge in [0.2, 0.25) is 5.91 Å². The van der Waals surface area contributed by atoms with Crippen molar-refractivity contribution in [1.29, 1.82) is 0 Å². The third-order valence-electron chi connectivity index (χ3n) is 3.85. The van der Waals surface area contributed by atoms with Crippen LogP contribution in [0, 0.1) is 0 Å². The average Bonchev–Trinajstić information content (AvgIpc) is 3.11. The largest absolute Gasteiger partial charge is 0.362 e. The van der Waals surface area contributed by atoms with Gasteiger partial charge in [-0.2, -0.15) is 10.2 Å². The van der Waals surface area contributed by atoms with Crippen molar-refractivity contribution >= 4 is 58.2 Å². The summed E-state index contributed by atoms with van der Waals surface area (Å²) in [5.41, 5.74) is 7.80. The molecule has 1 fully saturated rings. The lowest BCUT2D eigenvalue weighted by molar-refractivity contribution is -0.117. The highest BCUT2D eigenvalue weighted by atomic mass is 32.1. The first-order valence-corrected chi connectivity index (χ1v) is 9.96. The van der Waals surface area contributed by atoms with Crippen LogP contribution in [0.25, 0.3) is 0 Å². The van der Waals surface area contributed by atoms with Crippen LogP contribution in [0.15, 0.2) is 34.5 Å². The fraction of sp³-hybridized carbons (Fsp3) is 0.389. The molecule has 0 saturated carbocycles. The van der Waals surface area contributed by atoms with E-state index in [1.54, 1.807) is 11.1 Å². The highest BCUT2D eigenvalue weighted by molar-refractivity contribution is 7.80. The third-order valence-corrected chi connectivity index (χ3v) is 4.32. The van der Waals surface area contributed by atoms with Gasteiger partial charge >= 0.3 is 0 Å². The number of nitrogens with one attached hydrogen (secondary N) is 4. The van der Waals surface area contributed by atoms with Crippen LogP contribution in [0.1, 0.15) is 32.3 Å². The Hall–Kier alpha value is -2.59. The predicted octanol–water partition coefficient (Wildman–Crippen LogP) is 1.47. The number of thiocarbonyl (C=S) groups is 2. The van der Waals surface area contributed by atoms with Crippen LogP contribution in [0.4, 0.5) is 5.69 Å². The van der Waals surface area contributed by atoms with Gasteiger partial charge in [0, 0.05) is 37.3 Å².